The second-order valence-corrected chi connectivity index (χ2v) is 8.23. The number of benzene rings is 1. The number of carbonyl (C=O) groups excluding carboxylic acids is 1. The van der Waals surface area contributed by atoms with Crippen molar-refractivity contribution >= 4 is 15.9 Å². The quantitative estimate of drug-likeness (QED) is 0.868. The molecule has 2 heterocycles. The SMILES string of the molecule is Cn1cc(S(=O)(=O)N2CCCC(CNC(=O)c3ccccc3)C2)cn1. The Bertz CT molecular complexity index is 833. The van der Waals surface area contributed by atoms with Crippen LogP contribution in [0.1, 0.15) is 23.2 Å². The van der Waals surface area contributed by atoms with Crippen LogP contribution < -0.4 is 5.32 Å². The molecule has 1 aliphatic heterocycles. The minimum absolute atomic E-state index is 0.104. The number of sulfonamides is 1. The van der Waals surface area contributed by atoms with Gasteiger partial charge in [0.1, 0.15) is 4.90 Å². The molecule has 1 aromatic carbocycles. The molecule has 0 radical (unpaired) electrons. The highest BCUT2D eigenvalue weighted by molar-refractivity contribution is 7.89. The Kier molecular flexibility index (Phi) is 5.19. The van der Waals surface area contributed by atoms with Crippen LogP contribution in [0.25, 0.3) is 0 Å². The molecule has 0 aliphatic carbocycles. The van der Waals surface area contributed by atoms with E-state index in [-0.39, 0.29) is 16.7 Å². The van der Waals surface area contributed by atoms with Gasteiger partial charge in [0.05, 0.1) is 6.20 Å². The van der Waals surface area contributed by atoms with Crippen molar-refractivity contribution in [1.29, 1.82) is 0 Å². The van der Waals surface area contributed by atoms with Gasteiger partial charge in [0.2, 0.25) is 10.0 Å². The lowest BCUT2D eigenvalue weighted by Gasteiger charge is -2.31. The summed E-state index contributed by atoms with van der Waals surface area (Å²) in [5, 5.41) is 6.85. The number of hydrogen-bond acceptors (Lipinski definition) is 4. The number of rotatable bonds is 5. The van der Waals surface area contributed by atoms with Crippen LogP contribution in [0.4, 0.5) is 0 Å². The third-order valence-electron chi connectivity index (χ3n) is 4.39. The smallest absolute Gasteiger partial charge is 0.251 e. The zero-order valence-electron chi connectivity index (χ0n) is 14.1. The first kappa shape index (κ1) is 17.6. The maximum Gasteiger partial charge on any atom is 0.251 e. The van der Waals surface area contributed by atoms with Crippen LogP contribution in [-0.2, 0) is 17.1 Å². The van der Waals surface area contributed by atoms with E-state index in [0.29, 0.717) is 25.2 Å². The van der Waals surface area contributed by atoms with Crippen LogP contribution in [0.15, 0.2) is 47.6 Å². The Morgan fingerprint density at radius 2 is 2.08 bits per heavy atom. The zero-order chi connectivity index (χ0) is 17.9. The van der Waals surface area contributed by atoms with Crippen molar-refractivity contribution in [3.63, 3.8) is 0 Å². The highest BCUT2D eigenvalue weighted by Crippen LogP contribution is 2.23. The Hall–Kier alpha value is -2.19. The summed E-state index contributed by atoms with van der Waals surface area (Å²) >= 11 is 0. The molecule has 1 aliphatic rings. The van der Waals surface area contributed by atoms with Gasteiger partial charge in [-0.3, -0.25) is 9.48 Å². The van der Waals surface area contributed by atoms with Gasteiger partial charge in [0, 0.05) is 38.4 Å². The van der Waals surface area contributed by atoms with E-state index in [0.717, 1.165) is 12.8 Å². The molecule has 0 bridgehead atoms. The van der Waals surface area contributed by atoms with Crippen molar-refractivity contribution in [2.45, 2.75) is 17.7 Å². The second-order valence-electron chi connectivity index (χ2n) is 6.30. The summed E-state index contributed by atoms with van der Waals surface area (Å²) in [5.74, 6) is -0.0271. The lowest BCUT2D eigenvalue weighted by molar-refractivity contribution is 0.0941. The standard InChI is InChI=1S/C17H22N4O3S/c1-20-13-16(11-19-20)25(23,24)21-9-5-6-14(12-21)10-18-17(22)15-7-3-2-4-8-15/h2-4,7-8,11,13-14H,5-6,9-10,12H2,1H3,(H,18,22). The summed E-state index contributed by atoms with van der Waals surface area (Å²) < 4.78 is 28.4. The monoisotopic (exact) mass is 362 g/mol. The summed E-state index contributed by atoms with van der Waals surface area (Å²) in [7, 11) is -1.84. The van der Waals surface area contributed by atoms with Gasteiger partial charge in [-0.15, -0.1) is 0 Å². The highest BCUT2D eigenvalue weighted by Gasteiger charge is 2.31. The Morgan fingerprint density at radius 1 is 1.32 bits per heavy atom. The molecule has 1 atom stereocenters. The third kappa shape index (κ3) is 4.08. The van der Waals surface area contributed by atoms with Crippen LogP contribution >= 0.6 is 0 Å². The van der Waals surface area contributed by atoms with E-state index in [1.165, 1.54) is 21.4 Å². The molecule has 1 amide bonds. The van der Waals surface area contributed by atoms with Crippen molar-refractivity contribution in [2.24, 2.45) is 13.0 Å². The summed E-state index contributed by atoms with van der Waals surface area (Å²) in [4.78, 5) is 12.3. The lowest BCUT2D eigenvalue weighted by atomic mass is 9.99. The van der Waals surface area contributed by atoms with E-state index in [1.54, 1.807) is 19.2 Å². The zero-order valence-corrected chi connectivity index (χ0v) is 14.9. The number of piperidine rings is 1. The normalized spacial score (nSPS) is 18.8. The lowest BCUT2D eigenvalue weighted by Crippen LogP contribution is -2.43. The van der Waals surface area contributed by atoms with E-state index < -0.39 is 10.0 Å². The predicted octanol–water partition coefficient (Wildman–Crippen LogP) is 1.25. The molecule has 0 spiro atoms. The van der Waals surface area contributed by atoms with Crippen molar-refractivity contribution in [1.82, 2.24) is 19.4 Å². The fraction of sp³-hybridized carbons (Fsp3) is 0.412. The predicted molar refractivity (Wildman–Crippen MR) is 93.5 cm³/mol. The number of aromatic nitrogens is 2. The largest absolute Gasteiger partial charge is 0.352 e. The molecular formula is C17H22N4O3S. The minimum Gasteiger partial charge on any atom is -0.352 e. The number of aryl methyl sites for hydroxylation is 1. The second kappa shape index (κ2) is 7.37. The van der Waals surface area contributed by atoms with Crippen LogP contribution in [0.3, 0.4) is 0 Å². The number of hydrogen-bond donors (Lipinski definition) is 1. The average molecular weight is 362 g/mol. The van der Waals surface area contributed by atoms with E-state index in [1.807, 2.05) is 18.2 Å². The van der Waals surface area contributed by atoms with Crippen LogP contribution in [-0.4, -0.2) is 48.0 Å². The molecule has 2 aromatic rings. The van der Waals surface area contributed by atoms with Gasteiger partial charge in [-0.25, -0.2) is 8.42 Å². The Balaban J connectivity index is 1.61. The van der Waals surface area contributed by atoms with Gasteiger partial charge < -0.3 is 5.32 Å². The van der Waals surface area contributed by atoms with Gasteiger partial charge in [0.25, 0.3) is 5.91 Å². The van der Waals surface area contributed by atoms with E-state index in [4.69, 9.17) is 0 Å². The maximum atomic E-state index is 12.7. The molecule has 1 N–H and O–H groups in total. The van der Waals surface area contributed by atoms with Crippen molar-refractivity contribution < 1.29 is 13.2 Å². The van der Waals surface area contributed by atoms with Crippen molar-refractivity contribution in [2.75, 3.05) is 19.6 Å². The maximum absolute atomic E-state index is 12.7. The van der Waals surface area contributed by atoms with E-state index >= 15 is 0 Å². The van der Waals surface area contributed by atoms with Gasteiger partial charge >= 0.3 is 0 Å². The number of nitrogens with one attached hydrogen (secondary N) is 1. The molecular weight excluding hydrogens is 340 g/mol. The molecule has 3 rings (SSSR count). The average Bonchev–Trinajstić information content (AvgIpc) is 3.08. The van der Waals surface area contributed by atoms with Crippen LogP contribution in [0.5, 0.6) is 0 Å². The molecule has 25 heavy (non-hydrogen) atoms. The third-order valence-corrected chi connectivity index (χ3v) is 6.21. The van der Waals surface area contributed by atoms with Crippen LogP contribution in [0, 0.1) is 5.92 Å². The number of nitrogens with zero attached hydrogens (tertiary/aromatic N) is 3. The molecule has 1 aromatic heterocycles. The Labute approximate surface area is 147 Å². The number of amides is 1. The number of carbonyl (C=O) groups is 1. The van der Waals surface area contributed by atoms with E-state index in [9.17, 15) is 13.2 Å². The van der Waals surface area contributed by atoms with Gasteiger partial charge in [-0.05, 0) is 30.9 Å². The highest BCUT2D eigenvalue weighted by atomic mass is 32.2. The van der Waals surface area contributed by atoms with Crippen molar-refractivity contribution in [3.8, 4) is 0 Å². The van der Waals surface area contributed by atoms with Gasteiger partial charge in [0.15, 0.2) is 0 Å². The molecule has 1 unspecified atom stereocenters. The first-order valence-corrected chi connectivity index (χ1v) is 9.73. The molecule has 134 valence electrons. The summed E-state index contributed by atoms with van der Waals surface area (Å²) in [6, 6.07) is 9.01. The van der Waals surface area contributed by atoms with Gasteiger partial charge in [-0.2, -0.15) is 9.40 Å². The summed E-state index contributed by atoms with van der Waals surface area (Å²) in [6.45, 7) is 1.37. The van der Waals surface area contributed by atoms with E-state index in [2.05, 4.69) is 10.4 Å². The molecule has 7 nitrogen and oxygen atoms in total. The molecule has 8 heteroatoms. The topological polar surface area (TPSA) is 84.3 Å². The molecule has 1 fully saturated rings. The summed E-state index contributed by atoms with van der Waals surface area (Å²) in [6.07, 6.45) is 4.56. The Morgan fingerprint density at radius 3 is 2.76 bits per heavy atom. The summed E-state index contributed by atoms with van der Waals surface area (Å²) in [5.41, 5.74) is 0.609. The molecule has 1 saturated heterocycles. The first-order chi connectivity index (χ1) is 12.0. The first-order valence-electron chi connectivity index (χ1n) is 8.29. The fourth-order valence-corrected chi connectivity index (χ4v) is 4.56. The van der Waals surface area contributed by atoms with Crippen molar-refractivity contribution in [3.05, 3.63) is 48.3 Å². The minimum atomic E-state index is -3.53. The van der Waals surface area contributed by atoms with Gasteiger partial charge in [-0.1, -0.05) is 18.2 Å². The van der Waals surface area contributed by atoms with Crippen LogP contribution in [0.2, 0.25) is 0 Å². The molecule has 0 saturated carbocycles. The fourth-order valence-electron chi connectivity index (χ4n) is 3.02.